The van der Waals surface area contributed by atoms with E-state index in [1.807, 2.05) is 12.3 Å². The van der Waals surface area contributed by atoms with Crippen molar-refractivity contribution in [3.63, 3.8) is 0 Å². The van der Waals surface area contributed by atoms with Crippen LogP contribution in [0.15, 0.2) is 36.9 Å². The van der Waals surface area contributed by atoms with Gasteiger partial charge in [0, 0.05) is 35.5 Å². The lowest BCUT2D eigenvalue weighted by Crippen LogP contribution is -2.32. The maximum absolute atomic E-state index is 5.38. The Hall–Kier alpha value is -2.27. The molecule has 1 aliphatic rings. The second-order valence-electron chi connectivity index (χ2n) is 6.28. The fourth-order valence-electron chi connectivity index (χ4n) is 3.60. The summed E-state index contributed by atoms with van der Waals surface area (Å²) in [5.74, 6) is 1.55. The van der Waals surface area contributed by atoms with Crippen molar-refractivity contribution in [3.8, 4) is 5.75 Å². The summed E-state index contributed by atoms with van der Waals surface area (Å²) < 4.78 is 5.38. The third-order valence-electron chi connectivity index (χ3n) is 4.90. The quantitative estimate of drug-likeness (QED) is 0.777. The van der Waals surface area contributed by atoms with Crippen LogP contribution in [0.2, 0.25) is 0 Å². The average Bonchev–Trinajstić information content (AvgIpc) is 3.24. The topological polar surface area (TPSA) is 56.9 Å². The van der Waals surface area contributed by atoms with Crippen molar-refractivity contribution in [2.24, 2.45) is 0 Å². The van der Waals surface area contributed by atoms with Gasteiger partial charge in [0.15, 0.2) is 0 Å². The number of aromatic amines is 2. The molecule has 1 saturated heterocycles. The number of likely N-dealkylation sites (tertiary alicyclic amines) is 1. The molecule has 5 heteroatoms. The molecule has 0 aliphatic carbocycles. The predicted octanol–water partition coefficient (Wildman–Crippen LogP) is 3.28. The molecule has 0 radical (unpaired) electrons. The molecule has 1 fully saturated rings. The first kappa shape index (κ1) is 14.3. The Kier molecular flexibility index (Phi) is 3.79. The molecule has 3 aromatic rings. The van der Waals surface area contributed by atoms with Gasteiger partial charge < -0.3 is 14.7 Å². The number of ether oxygens (including phenoxy) is 1. The third kappa shape index (κ3) is 2.84. The molecule has 2 aromatic heterocycles. The molecule has 1 aromatic carbocycles. The van der Waals surface area contributed by atoms with Gasteiger partial charge in [0.25, 0.3) is 0 Å². The summed E-state index contributed by atoms with van der Waals surface area (Å²) >= 11 is 0. The van der Waals surface area contributed by atoms with E-state index < -0.39 is 0 Å². The fraction of sp³-hybridized carbons (Fsp3) is 0.389. The van der Waals surface area contributed by atoms with Crippen LogP contribution in [0.5, 0.6) is 5.75 Å². The molecule has 3 heterocycles. The van der Waals surface area contributed by atoms with Crippen molar-refractivity contribution in [1.29, 1.82) is 0 Å². The minimum Gasteiger partial charge on any atom is -0.497 e. The fourth-order valence-corrected chi connectivity index (χ4v) is 3.60. The van der Waals surface area contributed by atoms with Gasteiger partial charge in [-0.3, -0.25) is 4.90 Å². The van der Waals surface area contributed by atoms with Crippen molar-refractivity contribution < 1.29 is 4.74 Å². The van der Waals surface area contributed by atoms with Crippen molar-refractivity contribution in [1.82, 2.24) is 19.9 Å². The van der Waals surface area contributed by atoms with Crippen LogP contribution in [0.1, 0.15) is 30.0 Å². The molecule has 23 heavy (non-hydrogen) atoms. The highest BCUT2D eigenvalue weighted by Gasteiger charge is 2.23. The first-order chi connectivity index (χ1) is 11.3. The summed E-state index contributed by atoms with van der Waals surface area (Å²) in [6.07, 6.45) is 8.23. The number of nitrogens with zero attached hydrogens (tertiary/aromatic N) is 2. The van der Waals surface area contributed by atoms with Gasteiger partial charge in [0.1, 0.15) is 5.75 Å². The normalized spacial score (nSPS) is 16.9. The summed E-state index contributed by atoms with van der Waals surface area (Å²) in [6, 6.07) is 6.26. The number of rotatable bonds is 4. The Morgan fingerprint density at radius 1 is 1.26 bits per heavy atom. The van der Waals surface area contributed by atoms with Gasteiger partial charge >= 0.3 is 0 Å². The first-order valence-corrected chi connectivity index (χ1v) is 8.18. The molecule has 0 saturated carbocycles. The molecular weight excluding hydrogens is 288 g/mol. The van der Waals surface area contributed by atoms with E-state index in [0.29, 0.717) is 5.92 Å². The second-order valence-corrected chi connectivity index (χ2v) is 6.28. The van der Waals surface area contributed by atoms with Crippen molar-refractivity contribution in [2.45, 2.75) is 25.3 Å². The zero-order valence-electron chi connectivity index (χ0n) is 13.4. The van der Waals surface area contributed by atoms with E-state index in [0.717, 1.165) is 25.4 Å². The van der Waals surface area contributed by atoms with E-state index in [-0.39, 0.29) is 0 Å². The number of benzene rings is 1. The van der Waals surface area contributed by atoms with Crippen LogP contribution in [0, 0.1) is 0 Å². The van der Waals surface area contributed by atoms with Gasteiger partial charge in [-0.2, -0.15) is 0 Å². The van der Waals surface area contributed by atoms with Gasteiger partial charge in [-0.25, -0.2) is 4.98 Å². The van der Waals surface area contributed by atoms with E-state index in [1.54, 1.807) is 13.4 Å². The summed E-state index contributed by atoms with van der Waals surface area (Å²) in [5.41, 5.74) is 3.82. The van der Waals surface area contributed by atoms with Crippen molar-refractivity contribution in [3.05, 3.63) is 48.2 Å². The smallest absolute Gasteiger partial charge is 0.119 e. The lowest BCUT2D eigenvalue weighted by Gasteiger charge is -2.31. The van der Waals surface area contributed by atoms with Crippen LogP contribution in [-0.4, -0.2) is 40.1 Å². The van der Waals surface area contributed by atoms with Crippen LogP contribution in [0.4, 0.5) is 0 Å². The van der Waals surface area contributed by atoms with Gasteiger partial charge in [-0.05, 0) is 55.6 Å². The number of imidazole rings is 1. The largest absolute Gasteiger partial charge is 0.497 e. The van der Waals surface area contributed by atoms with Crippen LogP contribution in [-0.2, 0) is 6.54 Å². The number of fused-ring (bicyclic) bond motifs is 1. The minimum atomic E-state index is 0.619. The molecule has 0 unspecified atom stereocenters. The van der Waals surface area contributed by atoms with Crippen LogP contribution >= 0.6 is 0 Å². The SMILES string of the molecule is COc1ccc2[nH]cc(C3CCN(Cc4cnc[nH]4)CC3)c2c1. The maximum atomic E-state index is 5.38. The predicted molar refractivity (Wildman–Crippen MR) is 90.7 cm³/mol. The number of H-pyrrole nitrogens is 2. The molecule has 1 aliphatic heterocycles. The van der Waals surface area contributed by atoms with Gasteiger partial charge in [-0.15, -0.1) is 0 Å². The van der Waals surface area contributed by atoms with Gasteiger partial charge in [0.2, 0.25) is 0 Å². The van der Waals surface area contributed by atoms with E-state index in [9.17, 15) is 0 Å². The molecular formula is C18H22N4O. The third-order valence-corrected chi connectivity index (χ3v) is 4.90. The monoisotopic (exact) mass is 310 g/mol. The van der Waals surface area contributed by atoms with Gasteiger partial charge in [-0.1, -0.05) is 0 Å². The van der Waals surface area contributed by atoms with E-state index in [1.165, 1.54) is 35.0 Å². The van der Waals surface area contributed by atoms with E-state index >= 15 is 0 Å². The number of hydrogen-bond acceptors (Lipinski definition) is 3. The minimum absolute atomic E-state index is 0.619. The second kappa shape index (κ2) is 6.08. The van der Waals surface area contributed by atoms with Crippen molar-refractivity contribution in [2.75, 3.05) is 20.2 Å². The summed E-state index contributed by atoms with van der Waals surface area (Å²) in [4.78, 5) is 13.2. The average molecular weight is 310 g/mol. The van der Waals surface area contributed by atoms with E-state index in [4.69, 9.17) is 4.74 Å². The number of piperidine rings is 1. The lowest BCUT2D eigenvalue weighted by molar-refractivity contribution is 0.203. The summed E-state index contributed by atoms with van der Waals surface area (Å²) in [7, 11) is 1.72. The molecule has 5 nitrogen and oxygen atoms in total. The molecule has 0 amide bonds. The van der Waals surface area contributed by atoms with Crippen LogP contribution in [0.25, 0.3) is 10.9 Å². The lowest BCUT2D eigenvalue weighted by atomic mass is 9.89. The highest BCUT2D eigenvalue weighted by molar-refractivity contribution is 5.85. The Morgan fingerprint density at radius 2 is 2.13 bits per heavy atom. The van der Waals surface area contributed by atoms with E-state index in [2.05, 4.69) is 38.2 Å². The summed E-state index contributed by atoms with van der Waals surface area (Å²) in [5, 5.41) is 1.30. The molecule has 0 atom stereocenters. The van der Waals surface area contributed by atoms with Crippen molar-refractivity contribution >= 4 is 10.9 Å². The Morgan fingerprint density at radius 3 is 2.87 bits per heavy atom. The molecule has 2 N–H and O–H groups in total. The maximum Gasteiger partial charge on any atom is 0.119 e. The molecule has 120 valence electrons. The first-order valence-electron chi connectivity index (χ1n) is 8.18. The summed E-state index contributed by atoms with van der Waals surface area (Å²) in [6.45, 7) is 3.22. The highest BCUT2D eigenvalue weighted by Crippen LogP contribution is 2.34. The Balaban J connectivity index is 1.47. The Bertz CT molecular complexity index is 770. The zero-order valence-corrected chi connectivity index (χ0v) is 13.4. The molecule has 0 bridgehead atoms. The van der Waals surface area contributed by atoms with Crippen LogP contribution in [0.3, 0.4) is 0 Å². The Labute approximate surface area is 135 Å². The van der Waals surface area contributed by atoms with Crippen LogP contribution < -0.4 is 4.74 Å². The number of hydrogen-bond donors (Lipinski definition) is 2. The standard InChI is InChI=1S/C18H22N4O/c1-23-15-2-3-18-16(8-15)17(10-20-18)13-4-6-22(7-5-13)11-14-9-19-12-21-14/h2-3,8-10,12-13,20H,4-7,11H2,1H3,(H,19,21). The van der Waals surface area contributed by atoms with Gasteiger partial charge in [0.05, 0.1) is 13.4 Å². The molecule has 0 spiro atoms. The number of aromatic nitrogens is 3. The highest BCUT2D eigenvalue weighted by atomic mass is 16.5. The zero-order chi connectivity index (χ0) is 15.6. The number of nitrogens with one attached hydrogen (secondary N) is 2. The number of methoxy groups -OCH3 is 1. The molecule has 4 rings (SSSR count).